The third-order valence-electron chi connectivity index (χ3n) is 4.12. The lowest BCUT2D eigenvalue weighted by molar-refractivity contribution is -0.908. The van der Waals surface area contributed by atoms with Crippen molar-refractivity contribution in [3.63, 3.8) is 0 Å². The molecule has 30 heavy (non-hydrogen) atoms. The minimum absolute atomic E-state index is 0.0309. The van der Waals surface area contributed by atoms with E-state index in [1.54, 1.807) is 6.07 Å². The first-order valence-electron chi connectivity index (χ1n) is 8.54. The van der Waals surface area contributed by atoms with Crippen molar-refractivity contribution >= 4 is 27.4 Å². The molecular weight excluding hydrogens is 418 g/mol. The van der Waals surface area contributed by atoms with Crippen LogP contribution < -0.4 is 14.8 Å². The van der Waals surface area contributed by atoms with Gasteiger partial charge in [0.2, 0.25) is 12.1 Å². The fraction of sp³-hybridized carbons (Fsp3) is 0.105. The number of halogens is 2. The zero-order valence-electron chi connectivity index (χ0n) is 15.8. The summed E-state index contributed by atoms with van der Waals surface area (Å²) in [5.41, 5.74) is 0.997. The molecule has 0 unspecified atom stereocenters. The highest BCUT2D eigenvalue weighted by atomic mass is 32.2. The second kappa shape index (κ2) is 8.03. The molecule has 0 atom stereocenters. The van der Waals surface area contributed by atoms with Gasteiger partial charge in [0.15, 0.2) is 0 Å². The van der Waals surface area contributed by atoms with Crippen molar-refractivity contribution in [2.45, 2.75) is 18.7 Å². The minimum atomic E-state index is -4.41. The van der Waals surface area contributed by atoms with Crippen LogP contribution in [-0.2, 0) is 14.8 Å². The molecular formula is C19H17F2N4O4S+. The maximum absolute atomic E-state index is 14.0. The Morgan fingerprint density at radius 3 is 2.53 bits per heavy atom. The predicted molar refractivity (Wildman–Crippen MR) is 103 cm³/mol. The molecule has 3 rings (SSSR count). The van der Waals surface area contributed by atoms with Gasteiger partial charge in [0.1, 0.15) is 28.0 Å². The van der Waals surface area contributed by atoms with E-state index in [1.165, 1.54) is 38.4 Å². The summed E-state index contributed by atoms with van der Waals surface area (Å²) in [6.45, 7) is 2.77. The molecule has 0 radical (unpaired) electrons. The molecule has 8 nitrogen and oxygen atoms in total. The van der Waals surface area contributed by atoms with Gasteiger partial charge in [0, 0.05) is 30.8 Å². The first-order valence-corrected chi connectivity index (χ1v) is 10.0. The normalized spacial score (nSPS) is 11.2. The van der Waals surface area contributed by atoms with E-state index >= 15 is 0 Å². The van der Waals surface area contributed by atoms with Gasteiger partial charge >= 0.3 is 0 Å². The van der Waals surface area contributed by atoms with Gasteiger partial charge in [-0.3, -0.25) is 14.7 Å². The maximum Gasteiger partial charge on any atom is 0.265 e. The molecule has 0 saturated heterocycles. The molecule has 0 aliphatic rings. The standard InChI is InChI=1S/C19H16F2N4O4S/c1-11-17(24-30(28,29)18-4-3-15(20)9-16(18)21)7-14(10-25(11)27)13-5-6-22-19(8-13)23-12(2)26/h3-10,24H,1-2H3,(H-,22,23,26,27)/p+1. The number of rotatable bonds is 5. The SMILES string of the molecule is CC(=O)Nc1cc(-c2cc(NS(=O)(=O)c3ccc(F)cc3F)c(C)[n+](O)c2)ccn1. The summed E-state index contributed by atoms with van der Waals surface area (Å²) in [5.74, 6) is -2.22. The molecule has 0 fully saturated rings. The highest BCUT2D eigenvalue weighted by molar-refractivity contribution is 7.92. The van der Waals surface area contributed by atoms with Gasteiger partial charge in [-0.05, 0) is 35.9 Å². The van der Waals surface area contributed by atoms with Crippen LogP contribution in [0.15, 0.2) is 53.7 Å². The first-order chi connectivity index (χ1) is 14.1. The molecule has 3 N–H and O–H groups in total. The van der Waals surface area contributed by atoms with Crippen LogP contribution >= 0.6 is 0 Å². The van der Waals surface area contributed by atoms with Crippen molar-refractivity contribution in [3.8, 4) is 11.1 Å². The predicted octanol–water partition coefficient (Wildman–Crippen LogP) is 2.62. The smallest absolute Gasteiger partial charge is 0.265 e. The minimum Gasteiger partial charge on any atom is -0.311 e. The number of hydrogen-bond acceptors (Lipinski definition) is 5. The second-order valence-corrected chi connectivity index (χ2v) is 8.01. The highest BCUT2D eigenvalue weighted by Crippen LogP contribution is 2.26. The van der Waals surface area contributed by atoms with Crippen molar-refractivity contribution in [1.29, 1.82) is 0 Å². The number of nitrogens with one attached hydrogen (secondary N) is 2. The molecule has 1 aromatic carbocycles. The number of anilines is 2. The Bertz CT molecular complexity index is 1250. The summed E-state index contributed by atoms with van der Waals surface area (Å²) in [7, 11) is -4.41. The summed E-state index contributed by atoms with van der Waals surface area (Å²) >= 11 is 0. The molecule has 3 aromatic rings. The van der Waals surface area contributed by atoms with Gasteiger partial charge in [0.25, 0.3) is 15.7 Å². The van der Waals surface area contributed by atoms with Gasteiger partial charge < -0.3 is 5.32 Å². The van der Waals surface area contributed by atoms with Crippen LogP contribution in [0.5, 0.6) is 0 Å². The molecule has 11 heteroatoms. The van der Waals surface area contributed by atoms with E-state index in [0.29, 0.717) is 21.9 Å². The van der Waals surface area contributed by atoms with Crippen LogP contribution in [0.25, 0.3) is 11.1 Å². The summed E-state index contributed by atoms with van der Waals surface area (Å²) < 4.78 is 55.2. The number of benzene rings is 1. The van der Waals surface area contributed by atoms with Gasteiger partial charge in [0.05, 0.1) is 5.56 Å². The van der Waals surface area contributed by atoms with Crippen molar-refractivity contribution in [1.82, 2.24) is 4.98 Å². The second-order valence-electron chi connectivity index (χ2n) is 6.36. The monoisotopic (exact) mass is 435 g/mol. The van der Waals surface area contributed by atoms with E-state index in [4.69, 9.17) is 0 Å². The largest absolute Gasteiger partial charge is 0.311 e. The Kier molecular flexibility index (Phi) is 5.65. The maximum atomic E-state index is 14.0. The van der Waals surface area contributed by atoms with Gasteiger partial charge in [-0.15, -0.1) is 0 Å². The molecule has 0 aliphatic carbocycles. The highest BCUT2D eigenvalue weighted by Gasteiger charge is 2.24. The topological polar surface area (TPSA) is 112 Å². The van der Waals surface area contributed by atoms with Gasteiger partial charge in [-0.25, -0.2) is 22.2 Å². The molecule has 2 aromatic heterocycles. The molecule has 2 heterocycles. The molecule has 0 saturated carbocycles. The molecule has 1 amide bonds. The molecule has 0 bridgehead atoms. The van der Waals surface area contributed by atoms with Crippen LogP contribution in [0.3, 0.4) is 0 Å². The average Bonchev–Trinajstić information content (AvgIpc) is 2.64. The summed E-state index contributed by atoms with van der Waals surface area (Å²) in [6, 6.07) is 6.64. The fourth-order valence-corrected chi connectivity index (χ4v) is 3.83. The van der Waals surface area contributed by atoms with Crippen molar-refractivity contribution in [2.24, 2.45) is 0 Å². The summed E-state index contributed by atoms with van der Waals surface area (Å²) in [4.78, 5) is 14.5. The zero-order chi connectivity index (χ0) is 22.1. The summed E-state index contributed by atoms with van der Waals surface area (Å²) in [6.07, 6.45) is 2.76. The lowest BCUT2D eigenvalue weighted by Gasteiger charge is -2.11. The molecule has 0 spiro atoms. The third kappa shape index (κ3) is 4.51. The van der Waals surface area contributed by atoms with Crippen molar-refractivity contribution in [2.75, 3.05) is 10.0 Å². The molecule has 0 aliphatic heterocycles. The van der Waals surface area contributed by atoms with Crippen LogP contribution in [-0.4, -0.2) is 24.5 Å². The number of hydrogen-bond donors (Lipinski definition) is 3. The molecule has 156 valence electrons. The number of carbonyl (C=O) groups excluding carboxylic acids is 1. The van der Waals surface area contributed by atoms with Crippen LogP contribution in [0, 0.1) is 18.6 Å². The van der Waals surface area contributed by atoms with E-state index in [2.05, 4.69) is 15.0 Å². The fourth-order valence-electron chi connectivity index (χ4n) is 2.66. The average molecular weight is 435 g/mol. The lowest BCUT2D eigenvalue weighted by Crippen LogP contribution is -2.35. The Hall–Kier alpha value is -3.60. The van der Waals surface area contributed by atoms with E-state index in [-0.39, 0.29) is 23.1 Å². The number of carbonyl (C=O) groups is 1. The summed E-state index contributed by atoms with van der Waals surface area (Å²) in [5, 5.41) is 12.7. The Labute approximate surface area is 170 Å². The van der Waals surface area contributed by atoms with Gasteiger partial charge in [-0.2, -0.15) is 0 Å². The number of sulfonamides is 1. The zero-order valence-corrected chi connectivity index (χ0v) is 16.7. The number of nitrogens with zero attached hydrogens (tertiary/aromatic N) is 2. The van der Waals surface area contributed by atoms with Crippen molar-refractivity contribution in [3.05, 3.63) is 66.1 Å². The van der Waals surface area contributed by atoms with Crippen LogP contribution in [0.4, 0.5) is 20.3 Å². The van der Waals surface area contributed by atoms with E-state index in [1.807, 2.05) is 0 Å². The first kappa shape index (κ1) is 21.1. The van der Waals surface area contributed by atoms with Crippen LogP contribution in [0.2, 0.25) is 0 Å². The Morgan fingerprint density at radius 1 is 1.13 bits per heavy atom. The number of aromatic nitrogens is 2. The Balaban J connectivity index is 2.03. The third-order valence-corrected chi connectivity index (χ3v) is 5.52. The number of amides is 1. The lowest BCUT2D eigenvalue weighted by atomic mass is 10.1. The number of pyridine rings is 2. The van der Waals surface area contributed by atoms with E-state index in [0.717, 1.165) is 12.1 Å². The Morgan fingerprint density at radius 2 is 1.87 bits per heavy atom. The quantitative estimate of drug-likeness (QED) is 0.421. The van der Waals surface area contributed by atoms with E-state index < -0.39 is 26.6 Å². The van der Waals surface area contributed by atoms with Crippen molar-refractivity contribution < 1.29 is 31.9 Å². The van der Waals surface area contributed by atoms with Crippen LogP contribution in [0.1, 0.15) is 12.6 Å². The van der Waals surface area contributed by atoms with E-state index in [9.17, 15) is 27.2 Å². The van der Waals surface area contributed by atoms with Gasteiger partial charge in [-0.1, -0.05) is 0 Å².